The summed E-state index contributed by atoms with van der Waals surface area (Å²) in [4.78, 5) is 3.41. The molecule has 10 heteroatoms. The fraction of sp³-hybridized carbons (Fsp3) is 0. The van der Waals surface area contributed by atoms with E-state index in [2.05, 4.69) is 4.98 Å². The Bertz CT molecular complexity index is 1850. The van der Waals surface area contributed by atoms with E-state index in [0.717, 1.165) is 32.9 Å². The number of benzene rings is 4. The first-order valence-corrected chi connectivity index (χ1v) is 10.6. The van der Waals surface area contributed by atoms with Gasteiger partial charge in [-0.25, -0.2) is 0 Å². The summed E-state index contributed by atoms with van der Waals surface area (Å²) in [5.74, 6) is 0. The molecule has 0 atom stereocenters. The van der Waals surface area contributed by atoms with Crippen LogP contribution in [0.1, 0.15) is 0 Å². The van der Waals surface area contributed by atoms with Gasteiger partial charge in [0.15, 0.2) is 0 Å². The molecule has 2 aromatic heterocycles. The van der Waals surface area contributed by atoms with Gasteiger partial charge >= 0.3 is 0 Å². The number of rotatable bonds is 1. The van der Waals surface area contributed by atoms with Crippen LogP contribution in [-0.2, 0) is 0 Å². The van der Waals surface area contributed by atoms with Crippen molar-refractivity contribution in [3.8, 4) is 5.69 Å². The van der Waals surface area contributed by atoms with Crippen molar-refractivity contribution in [3.63, 3.8) is 0 Å². The Morgan fingerprint density at radius 2 is 1.09 bits per heavy atom. The Morgan fingerprint density at radius 3 is 1.82 bits per heavy atom. The smallest absolute Gasteiger partial charge is 0.115 e. The predicted octanol–water partition coefficient (Wildman–Crippen LogP) is -3.23. The maximum absolute atomic E-state index is 6.53. The van der Waals surface area contributed by atoms with Gasteiger partial charge in [0.25, 0.3) is 0 Å². The molecule has 0 aliphatic carbocycles. The summed E-state index contributed by atoms with van der Waals surface area (Å²) < 4.78 is 2.02. The molecule has 0 spiro atoms. The van der Waals surface area contributed by atoms with E-state index in [-0.39, 0.29) is 21.9 Å². The Morgan fingerprint density at radius 1 is 0.500 bits per heavy atom. The van der Waals surface area contributed by atoms with Crippen LogP contribution in [0.25, 0.3) is 49.3 Å². The van der Waals surface area contributed by atoms with Gasteiger partial charge in [0, 0.05) is 21.8 Å². The molecule has 6 aromatic rings. The number of aromatic nitrogens is 2. The van der Waals surface area contributed by atoms with Crippen molar-refractivity contribution >= 4 is 150 Å². The van der Waals surface area contributed by atoms with Crippen molar-refractivity contribution in [1.82, 2.24) is 9.55 Å². The van der Waals surface area contributed by atoms with Crippen LogP contribution < -0.4 is 43.7 Å². The molecule has 16 radical (unpaired) electrons. The summed E-state index contributed by atoms with van der Waals surface area (Å²) in [6.07, 6.45) is 0. The second kappa shape index (κ2) is 7.25. The van der Waals surface area contributed by atoms with Crippen molar-refractivity contribution in [2.45, 2.75) is 0 Å². The van der Waals surface area contributed by atoms with Crippen LogP contribution >= 0.6 is 0 Å². The third kappa shape index (κ3) is 2.57. The van der Waals surface area contributed by atoms with Gasteiger partial charge in [0.2, 0.25) is 0 Å². The van der Waals surface area contributed by atoms with E-state index in [9.17, 15) is 0 Å². The molecule has 1 N–H and O–H groups in total. The number of hydrogen-bond acceptors (Lipinski definition) is 0. The van der Waals surface area contributed by atoms with Gasteiger partial charge in [-0.05, 0) is 22.9 Å². The van der Waals surface area contributed by atoms with Crippen LogP contribution in [0.15, 0.2) is 42.5 Å². The molecule has 0 unspecified atom stereocenters. The van der Waals surface area contributed by atoms with E-state index in [1.54, 1.807) is 0 Å². The number of para-hydroxylation sites is 2. The predicted molar refractivity (Wildman–Crippen MR) is 153 cm³/mol. The summed E-state index contributed by atoms with van der Waals surface area (Å²) in [7, 11) is 50.4. The number of aromatic amines is 1. The van der Waals surface area contributed by atoms with Crippen LogP contribution in [0.5, 0.6) is 0 Å². The molecule has 0 saturated carbocycles. The Labute approximate surface area is 207 Å². The van der Waals surface area contributed by atoms with Crippen molar-refractivity contribution in [2.75, 3.05) is 0 Å². The van der Waals surface area contributed by atoms with Crippen LogP contribution in [0, 0.1) is 0 Å². The van der Waals surface area contributed by atoms with E-state index < -0.39 is 0 Å². The summed E-state index contributed by atoms with van der Waals surface area (Å²) >= 11 is 0. The minimum absolute atomic E-state index is 0.243. The van der Waals surface area contributed by atoms with Crippen molar-refractivity contribution < 1.29 is 0 Å². The summed E-state index contributed by atoms with van der Waals surface area (Å²) in [6.45, 7) is 0. The zero-order valence-electron chi connectivity index (χ0n) is 18.1. The quantitative estimate of drug-likeness (QED) is 0.275. The van der Waals surface area contributed by atoms with Crippen LogP contribution in [-0.4, -0.2) is 72.3 Å². The third-order valence-corrected chi connectivity index (χ3v) is 6.73. The zero-order valence-corrected chi connectivity index (χ0v) is 18.1. The highest BCUT2D eigenvalue weighted by Crippen LogP contribution is 2.34. The Kier molecular flexibility index (Phi) is 4.59. The van der Waals surface area contributed by atoms with Crippen molar-refractivity contribution in [2.24, 2.45) is 0 Å². The summed E-state index contributed by atoms with van der Waals surface area (Å²) in [5.41, 5.74) is 6.18. The molecule has 2 heterocycles. The fourth-order valence-corrected chi connectivity index (χ4v) is 5.00. The van der Waals surface area contributed by atoms with E-state index in [1.807, 2.05) is 47.0 Å². The standard InChI is InChI=1S/C24H8B8N2/c25-14-12-9-5-3-7-11(22(9)33-23(12)20(31)18(29)16(14)27)34-10-6-2-1-4-8(10)13-15(26)17(28)19(30)21(32)24(13)34/h1-7,33H. The molecule has 2 nitrogen and oxygen atoms in total. The Balaban J connectivity index is 1.88. The molecular formula is C24H8B8N2. The van der Waals surface area contributed by atoms with Gasteiger partial charge in [-0.1, -0.05) is 52.2 Å². The molecule has 0 fully saturated rings. The van der Waals surface area contributed by atoms with Gasteiger partial charge in [0.05, 0.1) is 16.7 Å². The lowest BCUT2D eigenvalue weighted by Crippen LogP contribution is -2.48. The van der Waals surface area contributed by atoms with Crippen molar-refractivity contribution in [3.05, 3.63) is 42.5 Å². The maximum atomic E-state index is 6.53. The van der Waals surface area contributed by atoms with Gasteiger partial charge in [0.1, 0.15) is 62.8 Å². The van der Waals surface area contributed by atoms with E-state index in [4.69, 9.17) is 62.8 Å². The van der Waals surface area contributed by atoms with E-state index in [1.165, 1.54) is 0 Å². The average molecular weight is 411 g/mol. The molecular weight excluding hydrogens is 403 g/mol. The first kappa shape index (κ1) is 21.5. The molecule has 0 saturated heterocycles. The minimum atomic E-state index is 0.243. The van der Waals surface area contributed by atoms with Crippen LogP contribution in [0.2, 0.25) is 0 Å². The number of nitrogens with zero attached hydrogens (tertiary/aromatic N) is 1. The lowest BCUT2D eigenvalue weighted by molar-refractivity contribution is 1.20. The second-order valence-corrected chi connectivity index (χ2v) is 8.46. The number of fused-ring (bicyclic) bond motifs is 6. The third-order valence-electron chi connectivity index (χ3n) is 6.73. The lowest BCUT2D eigenvalue weighted by atomic mass is 9.65. The van der Waals surface area contributed by atoms with Crippen molar-refractivity contribution in [1.29, 1.82) is 0 Å². The first-order chi connectivity index (χ1) is 16.2. The van der Waals surface area contributed by atoms with E-state index >= 15 is 0 Å². The summed E-state index contributed by atoms with van der Waals surface area (Å²) in [5, 5.41) is 3.18. The van der Waals surface area contributed by atoms with E-state index in [0.29, 0.717) is 38.3 Å². The zero-order chi connectivity index (χ0) is 24.0. The normalized spacial score (nSPS) is 11.9. The molecule has 0 bridgehead atoms. The molecule has 4 aromatic carbocycles. The van der Waals surface area contributed by atoms with Gasteiger partial charge in [-0.3, -0.25) is 0 Å². The number of H-pyrrole nitrogens is 1. The highest BCUT2D eigenvalue weighted by Gasteiger charge is 2.21. The second-order valence-electron chi connectivity index (χ2n) is 8.46. The molecule has 6 rings (SSSR count). The van der Waals surface area contributed by atoms with Crippen LogP contribution in [0.4, 0.5) is 0 Å². The van der Waals surface area contributed by atoms with Gasteiger partial charge < -0.3 is 9.55 Å². The Hall–Kier alpha value is -3.00. The maximum Gasteiger partial charge on any atom is 0.115 e. The monoisotopic (exact) mass is 412 g/mol. The van der Waals surface area contributed by atoms with Gasteiger partial charge in [-0.15, -0.1) is 21.9 Å². The molecule has 34 heavy (non-hydrogen) atoms. The molecule has 138 valence electrons. The summed E-state index contributed by atoms with van der Waals surface area (Å²) in [6, 6.07) is 13.7. The SMILES string of the molecule is [B]c1c([B])c([B])c2c([nH]c3c(-n4c5ccccc5c5c([B])c([B])c([B])c([B])c54)cccc32)c1[B]. The topological polar surface area (TPSA) is 20.7 Å². The minimum Gasteiger partial charge on any atom is -0.353 e. The molecule has 0 aliphatic heterocycles. The molecule has 0 aliphatic rings. The highest BCUT2D eigenvalue weighted by atomic mass is 15.0. The van der Waals surface area contributed by atoms with Gasteiger partial charge in [-0.2, -0.15) is 0 Å². The number of hydrogen-bond donors (Lipinski definition) is 1. The largest absolute Gasteiger partial charge is 0.353 e. The molecule has 0 amide bonds. The average Bonchev–Trinajstić information content (AvgIpc) is 3.40. The van der Waals surface area contributed by atoms with Crippen LogP contribution in [0.3, 0.4) is 0 Å². The lowest BCUT2D eigenvalue weighted by Gasteiger charge is -2.17. The fourth-order valence-electron chi connectivity index (χ4n) is 5.00. The highest BCUT2D eigenvalue weighted by molar-refractivity contribution is 6.68. The first-order valence-electron chi connectivity index (χ1n) is 10.6. The number of nitrogens with one attached hydrogen (secondary N) is 1.